The fourth-order valence-electron chi connectivity index (χ4n) is 2.51. The van der Waals surface area contributed by atoms with Crippen LogP contribution in [0, 0.1) is 0 Å². The zero-order valence-electron chi connectivity index (χ0n) is 15.7. The summed E-state index contributed by atoms with van der Waals surface area (Å²) < 4.78 is 16.6. The van der Waals surface area contributed by atoms with Crippen molar-refractivity contribution in [2.45, 2.75) is 45.1 Å². The highest BCUT2D eigenvalue weighted by molar-refractivity contribution is 6.35. The number of rotatable bonds is 5. The molecule has 1 saturated heterocycles. The smallest absolute Gasteiger partial charge is 0.408 e. The van der Waals surface area contributed by atoms with Crippen molar-refractivity contribution in [2.24, 2.45) is 0 Å². The Morgan fingerprint density at radius 3 is 2.44 bits per heavy atom. The van der Waals surface area contributed by atoms with E-state index in [2.05, 4.69) is 10.6 Å². The van der Waals surface area contributed by atoms with Gasteiger partial charge < -0.3 is 24.8 Å². The highest BCUT2D eigenvalue weighted by atomic mass is 35.5. The summed E-state index contributed by atoms with van der Waals surface area (Å²) in [4.78, 5) is 24.2. The fourth-order valence-corrected chi connectivity index (χ4v) is 3.06. The summed E-state index contributed by atoms with van der Waals surface area (Å²) >= 11 is 12.2. The van der Waals surface area contributed by atoms with E-state index >= 15 is 0 Å². The lowest BCUT2D eigenvalue weighted by Gasteiger charge is -2.29. The second kappa shape index (κ2) is 8.65. The Morgan fingerprint density at radius 2 is 1.89 bits per heavy atom. The van der Waals surface area contributed by atoms with E-state index in [0.29, 0.717) is 28.8 Å². The van der Waals surface area contributed by atoms with Gasteiger partial charge in [0.2, 0.25) is 11.7 Å². The molecule has 2 amide bonds. The van der Waals surface area contributed by atoms with Crippen LogP contribution in [0.25, 0.3) is 0 Å². The van der Waals surface area contributed by atoms with E-state index < -0.39 is 29.4 Å². The van der Waals surface area contributed by atoms with Crippen LogP contribution >= 0.6 is 23.2 Å². The quantitative estimate of drug-likeness (QED) is 0.766. The van der Waals surface area contributed by atoms with Crippen molar-refractivity contribution in [3.05, 3.63) is 33.8 Å². The van der Waals surface area contributed by atoms with Crippen LogP contribution in [0.15, 0.2) is 18.2 Å². The minimum absolute atomic E-state index is 0.0214. The maximum absolute atomic E-state index is 12.4. The third-order valence-corrected chi connectivity index (χ3v) is 4.26. The molecule has 7 nitrogen and oxygen atoms in total. The molecule has 1 aliphatic heterocycles. The molecule has 0 spiro atoms. The van der Waals surface area contributed by atoms with Gasteiger partial charge in [0.05, 0.1) is 24.8 Å². The zero-order valence-corrected chi connectivity index (χ0v) is 17.2. The molecule has 1 aromatic carbocycles. The van der Waals surface area contributed by atoms with Gasteiger partial charge in [0.15, 0.2) is 0 Å². The fraction of sp³-hybridized carbons (Fsp3) is 0.556. The van der Waals surface area contributed by atoms with Gasteiger partial charge in [-0.05, 0) is 39.8 Å². The number of carbonyl (C=O) groups is 2. The summed E-state index contributed by atoms with van der Waals surface area (Å²) in [6, 6.07) is 4.15. The second-order valence-corrected chi connectivity index (χ2v) is 8.00. The summed E-state index contributed by atoms with van der Waals surface area (Å²) in [5.74, 6) is -1.62. The lowest BCUT2D eigenvalue weighted by Crippen LogP contribution is -2.50. The Labute approximate surface area is 168 Å². The normalized spacial score (nSPS) is 17.3. The Balaban J connectivity index is 2.01. The Hall–Kier alpha value is -1.54. The SMILES string of the molecule is CC(NC(=O)OC(C)(C)C)C(=O)NCC1(c2ccc(Cl)cc2Cl)OCCO1. The van der Waals surface area contributed by atoms with Crippen molar-refractivity contribution in [1.82, 2.24) is 10.6 Å². The first-order valence-corrected chi connectivity index (χ1v) is 9.29. The summed E-state index contributed by atoms with van der Waals surface area (Å²) in [6.45, 7) is 7.52. The van der Waals surface area contributed by atoms with Crippen LogP contribution in [0.1, 0.15) is 33.3 Å². The van der Waals surface area contributed by atoms with Gasteiger partial charge in [-0.15, -0.1) is 0 Å². The van der Waals surface area contributed by atoms with Crippen molar-refractivity contribution in [3.8, 4) is 0 Å². The maximum Gasteiger partial charge on any atom is 0.408 e. The number of nitrogens with one attached hydrogen (secondary N) is 2. The number of ether oxygens (including phenoxy) is 3. The molecule has 2 N–H and O–H groups in total. The largest absolute Gasteiger partial charge is 0.444 e. The first-order chi connectivity index (χ1) is 12.5. The van der Waals surface area contributed by atoms with Crippen molar-refractivity contribution in [2.75, 3.05) is 19.8 Å². The maximum atomic E-state index is 12.4. The molecule has 2 rings (SSSR count). The number of hydrogen-bond acceptors (Lipinski definition) is 5. The number of hydrogen-bond donors (Lipinski definition) is 2. The van der Waals surface area contributed by atoms with E-state index in [0.717, 1.165) is 0 Å². The first-order valence-electron chi connectivity index (χ1n) is 8.53. The van der Waals surface area contributed by atoms with Crippen LogP contribution in [0.2, 0.25) is 10.0 Å². The van der Waals surface area contributed by atoms with E-state index in [9.17, 15) is 9.59 Å². The van der Waals surface area contributed by atoms with Crippen molar-refractivity contribution >= 4 is 35.2 Å². The summed E-state index contributed by atoms with van der Waals surface area (Å²) in [7, 11) is 0. The van der Waals surface area contributed by atoms with Crippen LogP contribution in [0.5, 0.6) is 0 Å². The predicted molar refractivity (Wildman–Crippen MR) is 102 cm³/mol. The predicted octanol–water partition coefficient (Wildman–Crippen LogP) is 3.22. The molecular formula is C18H24Cl2N2O5. The number of carbonyl (C=O) groups excluding carboxylic acids is 2. The summed E-state index contributed by atoms with van der Waals surface area (Å²) in [5, 5.41) is 6.06. The summed E-state index contributed by atoms with van der Waals surface area (Å²) in [6.07, 6.45) is -0.672. The van der Waals surface area contributed by atoms with Crippen LogP contribution in [0.4, 0.5) is 4.79 Å². The second-order valence-electron chi connectivity index (χ2n) is 7.16. The third-order valence-electron chi connectivity index (χ3n) is 3.72. The summed E-state index contributed by atoms with van der Waals surface area (Å²) in [5.41, 5.74) is -0.0830. The van der Waals surface area contributed by atoms with E-state index in [1.54, 1.807) is 45.9 Å². The van der Waals surface area contributed by atoms with Crippen LogP contribution in [0.3, 0.4) is 0 Å². The molecule has 1 fully saturated rings. The van der Waals surface area contributed by atoms with E-state index in [-0.39, 0.29) is 6.54 Å². The molecule has 0 aromatic heterocycles. The third kappa shape index (κ3) is 5.97. The molecule has 1 heterocycles. The van der Waals surface area contributed by atoms with E-state index in [4.69, 9.17) is 37.4 Å². The highest BCUT2D eigenvalue weighted by Gasteiger charge is 2.41. The lowest BCUT2D eigenvalue weighted by atomic mass is 10.1. The Kier molecular flexibility index (Phi) is 6.97. The van der Waals surface area contributed by atoms with Crippen molar-refractivity contribution < 1.29 is 23.8 Å². The van der Waals surface area contributed by atoms with Crippen LogP contribution in [-0.2, 0) is 24.8 Å². The Bertz CT molecular complexity index is 699. The van der Waals surface area contributed by atoms with Crippen LogP contribution < -0.4 is 10.6 Å². The van der Waals surface area contributed by atoms with Gasteiger partial charge in [0.1, 0.15) is 11.6 Å². The molecule has 0 bridgehead atoms. The minimum Gasteiger partial charge on any atom is -0.444 e. The molecule has 1 atom stereocenters. The monoisotopic (exact) mass is 418 g/mol. The van der Waals surface area contributed by atoms with E-state index in [1.165, 1.54) is 0 Å². The molecular weight excluding hydrogens is 395 g/mol. The molecule has 1 unspecified atom stereocenters. The van der Waals surface area contributed by atoms with Gasteiger partial charge >= 0.3 is 6.09 Å². The molecule has 27 heavy (non-hydrogen) atoms. The van der Waals surface area contributed by atoms with Gasteiger partial charge in [-0.25, -0.2) is 4.79 Å². The highest BCUT2D eigenvalue weighted by Crippen LogP contribution is 2.36. The number of halogens is 2. The molecule has 0 saturated carbocycles. The van der Waals surface area contributed by atoms with Crippen LogP contribution in [-0.4, -0.2) is 43.4 Å². The lowest BCUT2D eigenvalue weighted by molar-refractivity contribution is -0.165. The number of alkyl carbamates (subject to hydrolysis) is 1. The number of benzene rings is 1. The standard InChI is InChI=1S/C18H24Cl2N2O5/c1-11(22-16(24)27-17(2,3)4)15(23)21-10-18(25-7-8-26-18)13-6-5-12(19)9-14(13)20/h5-6,9,11H,7-8,10H2,1-4H3,(H,21,23)(H,22,24). The Morgan fingerprint density at radius 1 is 1.26 bits per heavy atom. The molecule has 150 valence electrons. The average molecular weight is 419 g/mol. The van der Waals surface area contributed by atoms with Gasteiger partial charge in [-0.2, -0.15) is 0 Å². The van der Waals surface area contributed by atoms with Crippen molar-refractivity contribution in [1.29, 1.82) is 0 Å². The number of amides is 2. The minimum atomic E-state index is -1.21. The van der Waals surface area contributed by atoms with Crippen molar-refractivity contribution in [3.63, 3.8) is 0 Å². The molecule has 0 radical (unpaired) electrons. The van der Waals surface area contributed by atoms with Gasteiger partial charge in [0, 0.05) is 10.6 Å². The van der Waals surface area contributed by atoms with Gasteiger partial charge in [0.25, 0.3) is 0 Å². The zero-order chi connectivity index (χ0) is 20.2. The molecule has 9 heteroatoms. The van der Waals surface area contributed by atoms with E-state index in [1.807, 2.05) is 0 Å². The van der Waals surface area contributed by atoms with Gasteiger partial charge in [-0.3, -0.25) is 4.79 Å². The average Bonchev–Trinajstić information content (AvgIpc) is 3.00. The van der Waals surface area contributed by atoms with Gasteiger partial charge in [-0.1, -0.05) is 29.3 Å². The topological polar surface area (TPSA) is 85.9 Å². The molecule has 1 aromatic rings. The first kappa shape index (κ1) is 21.8. The molecule has 1 aliphatic rings. The molecule has 0 aliphatic carbocycles.